The van der Waals surface area contributed by atoms with Gasteiger partial charge in [0.1, 0.15) is 6.04 Å². The van der Waals surface area contributed by atoms with E-state index in [9.17, 15) is 18.0 Å². The smallest absolute Gasteiger partial charge is 0.311 e. The molecule has 3 N–H and O–H groups in total. The Balaban J connectivity index is 1.22. The molecule has 4 aliphatic rings. The summed E-state index contributed by atoms with van der Waals surface area (Å²) in [5.74, 6) is 0.136. The Kier molecular flexibility index (Phi) is 5.46. The van der Waals surface area contributed by atoms with E-state index in [1.54, 1.807) is 0 Å². The van der Waals surface area contributed by atoms with E-state index in [4.69, 9.17) is 9.39 Å². The SMILES string of the molecule is O=C(NOC[C@@H]1C[C@H](CN2CC2)CN1)C1CCC2CN1C(=O)N2OS(=O)(=O)O. The Morgan fingerprint density at radius 3 is 2.82 bits per heavy atom. The van der Waals surface area contributed by atoms with Crippen molar-refractivity contribution in [3.05, 3.63) is 0 Å². The van der Waals surface area contributed by atoms with Crippen LogP contribution in [0.3, 0.4) is 0 Å². The highest BCUT2D eigenvalue weighted by Crippen LogP contribution is 2.30. The van der Waals surface area contributed by atoms with Crippen LogP contribution in [0.15, 0.2) is 0 Å². The lowest BCUT2D eigenvalue weighted by Gasteiger charge is -2.29. The molecule has 4 atom stereocenters. The van der Waals surface area contributed by atoms with Gasteiger partial charge >= 0.3 is 16.4 Å². The summed E-state index contributed by atoms with van der Waals surface area (Å²) in [6.45, 7) is 4.88. The summed E-state index contributed by atoms with van der Waals surface area (Å²) < 4.78 is 35.0. The third kappa shape index (κ3) is 4.55. The molecule has 0 aromatic carbocycles. The number of urea groups is 1. The topological polar surface area (TPSA) is 141 Å². The van der Waals surface area contributed by atoms with Gasteiger partial charge in [-0.1, -0.05) is 0 Å². The van der Waals surface area contributed by atoms with E-state index in [1.807, 2.05) is 0 Å². The summed E-state index contributed by atoms with van der Waals surface area (Å²) in [5, 5.41) is 4.00. The Morgan fingerprint density at radius 1 is 1.32 bits per heavy atom. The van der Waals surface area contributed by atoms with Crippen molar-refractivity contribution >= 4 is 22.3 Å². The van der Waals surface area contributed by atoms with Gasteiger partial charge in [0, 0.05) is 32.2 Å². The maximum Gasteiger partial charge on any atom is 0.418 e. The van der Waals surface area contributed by atoms with Crippen molar-refractivity contribution in [1.29, 1.82) is 0 Å². The average Bonchev–Trinajstić information content (AvgIpc) is 3.29. The van der Waals surface area contributed by atoms with Gasteiger partial charge in [0.25, 0.3) is 5.91 Å². The predicted octanol–water partition coefficient (Wildman–Crippen LogP) is -1.67. The highest BCUT2D eigenvalue weighted by Gasteiger charge is 2.49. The molecule has 2 unspecified atom stereocenters. The molecule has 0 aromatic rings. The molecule has 2 bridgehead atoms. The minimum Gasteiger partial charge on any atom is -0.311 e. The van der Waals surface area contributed by atoms with Crippen LogP contribution in [-0.2, 0) is 24.3 Å². The molecular formula is C15H25N5O7S. The Bertz CT molecular complexity index is 730. The van der Waals surface area contributed by atoms with E-state index < -0.39 is 34.4 Å². The molecule has 3 amide bonds. The van der Waals surface area contributed by atoms with Crippen LogP contribution in [0.2, 0.25) is 0 Å². The van der Waals surface area contributed by atoms with E-state index in [1.165, 1.54) is 18.0 Å². The number of amides is 3. The van der Waals surface area contributed by atoms with Crippen molar-refractivity contribution < 1.29 is 31.7 Å². The van der Waals surface area contributed by atoms with Gasteiger partial charge in [-0.25, -0.2) is 10.3 Å². The minimum atomic E-state index is -4.81. The van der Waals surface area contributed by atoms with Crippen LogP contribution in [0.1, 0.15) is 19.3 Å². The first-order valence-electron chi connectivity index (χ1n) is 9.44. The Hall–Kier alpha value is -1.51. The third-order valence-electron chi connectivity index (χ3n) is 5.63. The molecule has 28 heavy (non-hydrogen) atoms. The van der Waals surface area contributed by atoms with E-state index >= 15 is 0 Å². The molecule has 4 saturated heterocycles. The monoisotopic (exact) mass is 419 g/mol. The lowest BCUT2D eigenvalue weighted by molar-refractivity contribution is -0.139. The van der Waals surface area contributed by atoms with Crippen molar-refractivity contribution in [2.45, 2.75) is 37.4 Å². The number of fused-ring (bicyclic) bond motifs is 2. The van der Waals surface area contributed by atoms with Crippen LogP contribution in [0, 0.1) is 5.92 Å². The van der Waals surface area contributed by atoms with Gasteiger partial charge in [0.05, 0.1) is 12.6 Å². The number of carbonyl (C=O) groups excluding carboxylic acids is 2. The number of hydrogen-bond donors (Lipinski definition) is 3. The molecule has 0 radical (unpaired) electrons. The summed E-state index contributed by atoms with van der Waals surface area (Å²) in [4.78, 5) is 33.7. The molecule has 4 rings (SSSR count). The second-order valence-corrected chi connectivity index (χ2v) is 8.80. The number of hydroxylamine groups is 3. The van der Waals surface area contributed by atoms with Gasteiger partial charge in [-0.3, -0.25) is 14.2 Å². The van der Waals surface area contributed by atoms with E-state index in [0.29, 0.717) is 30.4 Å². The van der Waals surface area contributed by atoms with Crippen LogP contribution < -0.4 is 10.8 Å². The summed E-state index contributed by atoms with van der Waals surface area (Å²) in [5.41, 5.74) is 2.40. The van der Waals surface area contributed by atoms with Crippen molar-refractivity contribution in [1.82, 2.24) is 25.7 Å². The highest BCUT2D eigenvalue weighted by atomic mass is 32.3. The minimum absolute atomic E-state index is 0.148. The molecule has 0 saturated carbocycles. The zero-order valence-corrected chi connectivity index (χ0v) is 16.1. The average molecular weight is 419 g/mol. The fourth-order valence-corrected chi connectivity index (χ4v) is 4.56. The largest absolute Gasteiger partial charge is 0.418 e. The zero-order chi connectivity index (χ0) is 19.9. The first-order valence-corrected chi connectivity index (χ1v) is 10.8. The second-order valence-electron chi connectivity index (χ2n) is 7.79. The van der Waals surface area contributed by atoms with E-state index in [2.05, 4.69) is 20.0 Å². The molecule has 4 heterocycles. The van der Waals surface area contributed by atoms with Crippen molar-refractivity contribution in [2.75, 3.05) is 39.3 Å². The van der Waals surface area contributed by atoms with Crippen molar-refractivity contribution in [3.8, 4) is 0 Å². The number of rotatable bonds is 8. The summed E-state index contributed by atoms with van der Waals surface area (Å²) in [6.07, 6.45) is 1.71. The van der Waals surface area contributed by atoms with Crippen LogP contribution in [0.4, 0.5) is 4.79 Å². The fraction of sp³-hybridized carbons (Fsp3) is 0.867. The van der Waals surface area contributed by atoms with Crippen molar-refractivity contribution in [3.63, 3.8) is 0 Å². The lowest BCUT2D eigenvalue weighted by Crippen LogP contribution is -2.50. The number of carbonyl (C=O) groups is 2. The predicted molar refractivity (Wildman–Crippen MR) is 93.8 cm³/mol. The molecule has 0 aromatic heterocycles. The maximum absolute atomic E-state index is 12.4. The normalized spacial score (nSPS) is 32.8. The standard InChI is InChI=1S/C15H25N5O7S/c21-14(17-26-9-11-5-10(6-16-11)7-18-3-4-18)13-2-1-12-8-19(13)15(22)20(12)27-28(23,24)25/h10-13,16H,1-9H2,(H,17,21)(H,23,24,25)/t10-,11-,12?,13?/m0/s1. The first kappa shape index (κ1) is 19.8. The maximum atomic E-state index is 12.4. The van der Waals surface area contributed by atoms with Gasteiger partial charge in [0.2, 0.25) is 0 Å². The van der Waals surface area contributed by atoms with Gasteiger partial charge < -0.3 is 15.1 Å². The molecule has 0 aliphatic carbocycles. The second kappa shape index (κ2) is 7.72. The number of nitrogens with one attached hydrogen (secondary N) is 2. The van der Waals surface area contributed by atoms with Crippen LogP contribution in [0.5, 0.6) is 0 Å². The summed E-state index contributed by atoms with van der Waals surface area (Å²) in [6, 6.07) is -1.89. The fourth-order valence-electron chi connectivity index (χ4n) is 4.17. The van der Waals surface area contributed by atoms with E-state index in [-0.39, 0.29) is 12.6 Å². The van der Waals surface area contributed by atoms with Crippen LogP contribution >= 0.6 is 0 Å². The van der Waals surface area contributed by atoms with Crippen LogP contribution in [0.25, 0.3) is 0 Å². The summed E-state index contributed by atoms with van der Waals surface area (Å²) in [7, 11) is -4.81. The Morgan fingerprint density at radius 2 is 2.11 bits per heavy atom. The molecule has 0 spiro atoms. The zero-order valence-electron chi connectivity index (χ0n) is 15.3. The molecule has 13 heteroatoms. The quantitative estimate of drug-likeness (QED) is 0.239. The third-order valence-corrected chi connectivity index (χ3v) is 5.98. The van der Waals surface area contributed by atoms with E-state index in [0.717, 1.165) is 19.5 Å². The molecular weight excluding hydrogens is 394 g/mol. The highest BCUT2D eigenvalue weighted by molar-refractivity contribution is 7.80. The molecule has 4 fully saturated rings. The molecule has 158 valence electrons. The molecule has 12 nitrogen and oxygen atoms in total. The number of nitrogens with zero attached hydrogens (tertiary/aromatic N) is 3. The summed E-state index contributed by atoms with van der Waals surface area (Å²) >= 11 is 0. The van der Waals surface area contributed by atoms with Crippen molar-refractivity contribution in [2.24, 2.45) is 5.92 Å². The van der Waals surface area contributed by atoms with Gasteiger partial charge in [-0.2, -0.15) is 13.5 Å². The number of piperidine rings is 1. The Labute approximate surface area is 163 Å². The van der Waals surface area contributed by atoms with Gasteiger partial charge in [0.15, 0.2) is 0 Å². The lowest BCUT2D eigenvalue weighted by atomic mass is 10.0. The van der Waals surface area contributed by atoms with Gasteiger partial charge in [-0.15, -0.1) is 4.28 Å². The first-order chi connectivity index (χ1) is 13.3. The number of hydrogen-bond acceptors (Lipinski definition) is 8. The van der Waals surface area contributed by atoms with Gasteiger partial charge in [-0.05, 0) is 31.7 Å². The molecule has 4 aliphatic heterocycles. The van der Waals surface area contributed by atoms with Crippen LogP contribution in [-0.4, -0.2) is 97.2 Å².